The molecular formula is C17H20F3N3O2. The third kappa shape index (κ3) is 4.29. The zero-order valence-corrected chi connectivity index (χ0v) is 13.7. The number of carbonyl (C=O) groups excluding carboxylic acids is 2. The van der Waals surface area contributed by atoms with E-state index in [4.69, 9.17) is 0 Å². The summed E-state index contributed by atoms with van der Waals surface area (Å²) in [7, 11) is 0. The highest BCUT2D eigenvalue weighted by atomic mass is 19.4. The number of piperidine rings is 1. The maximum Gasteiger partial charge on any atom is 0.389 e. The van der Waals surface area contributed by atoms with Gasteiger partial charge in [-0.1, -0.05) is 6.07 Å². The molecule has 5 nitrogen and oxygen atoms in total. The molecule has 0 N–H and O–H groups in total. The predicted molar refractivity (Wildman–Crippen MR) is 83.7 cm³/mol. The van der Waals surface area contributed by atoms with Crippen molar-refractivity contribution in [2.75, 3.05) is 19.6 Å². The fourth-order valence-corrected chi connectivity index (χ4v) is 3.60. The number of hydrogen-bond acceptors (Lipinski definition) is 3. The molecule has 136 valence electrons. The van der Waals surface area contributed by atoms with Gasteiger partial charge >= 0.3 is 6.18 Å². The minimum Gasteiger partial charge on any atom is -0.338 e. The molecule has 3 fully saturated rings. The molecule has 0 spiro atoms. The number of halogens is 3. The average molecular weight is 355 g/mol. The Hall–Kier alpha value is -2.12. The Morgan fingerprint density at radius 2 is 1.96 bits per heavy atom. The van der Waals surface area contributed by atoms with Gasteiger partial charge in [-0.2, -0.15) is 13.2 Å². The van der Waals surface area contributed by atoms with Crippen LogP contribution in [-0.2, 0) is 4.79 Å². The van der Waals surface area contributed by atoms with Crippen LogP contribution in [-0.4, -0.2) is 58.5 Å². The maximum atomic E-state index is 12.6. The van der Waals surface area contributed by atoms with Gasteiger partial charge in [-0.3, -0.25) is 14.6 Å². The summed E-state index contributed by atoms with van der Waals surface area (Å²) in [5.41, 5.74) is 0.346. The Morgan fingerprint density at radius 3 is 2.64 bits per heavy atom. The molecular weight excluding hydrogens is 335 g/mol. The van der Waals surface area contributed by atoms with Gasteiger partial charge in [0.15, 0.2) is 0 Å². The fraction of sp³-hybridized carbons (Fsp3) is 0.588. The van der Waals surface area contributed by atoms with Gasteiger partial charge in [0.25, 0.3) is 5.91 Å². The second-order valence-corrected chi connectivity index (χ2v) is 6.68. The zero-order chi connectivity index (χ0) is 18.0. The van der Waals surface area contributed by atoms with Crippen LogP contribution in [0.15, 0.2) is 24.4 Å². The molecule has 2 atom stereocenters. The fourth-order valence-electron chi connectivity index (χ4n) is 3.60. The van der Waals surface area contributed by atoms with E-state index >= 15 is 0 Å². The standard InChI is InChI=1S/C17H20F3N3O2/c18-17(19,20)7-6-15(24)23-10-12-4-5-13(23)11-22(9-12)16(25)14-3-1-2-8-21-14/h1-3,8,12-13H,4-7,9-11H2/t12-,13+/m0/s1. The molecule has 1 aromatic heterocycles. The molecule has 0 unspecified atom stereocenters. The van der Waals surface area contributed by atoms with Crippen LogP contribution in [0, 0.1) is 5.92 Å². The number of nitrogens with zero attached hydrogens (tertiary/aromatic N) is 3. The summed E-state index contributed by atoms with van der Waals surface area (Å²) in [6.45, 7) is 1.28. The normalized spacial score (nSPS) is 23.5. The lowest BCUT2D eigenvalue weighted by molar-refractivity contribution is -0.151. The molecule has 4 rings (SSSR count). The lowest BCUT2D eigenvalue weighted by Gasteiger charge is -2.36. The molecule has 3 aliphatic rings. The summed E-state index contributed by atoms with van der Waals surface area (Å²) in [6.07, 6.45) is -2.82. The van der Waals surface area contributed by atoms with Crippen LogP contribution in [0.5, 0.6) is 0 Å². The van der Waals surface area contributed by atoms with E-state index in [9.17, 15) is 22.8 Å². The van der Waals surface area contributed by atoms with Crippen molar-refractivity contribution in [2.24, 2.45) is 5.92 Å². The lowest BCUT2D eigenvalue weighted by Crippen LogP contribution is -2.47. The lowest BCUT2D eigenvalue weighted by atomic mass is 9.94. The molecule has 8 heteroatoms. The Kier molecular flexibility index (Phi) is 4.96. The first-order valence-corrected chi connectivity index (χ1v) is 8.40. The molecule has 0 radical (unpaired) electrons. The van der Waals surface area contributed by atoms with Crippen LogP contribution in [0.3, 0.4) is 0 Å². The molecule has 0 saturated carbocycles. The van der Waals surface area contributed by atoms with E-state index in [1.807, 2.05) is 0 Å². The van der Waals surface area contributed by atoms with Crippen LogP contribution < -0.4 is 0 Å². The van der Waals surface area contributed by atoms with Crippen molar-refractivity contribution in [3.63, 3.8) is 0 Å². The van der Waals surface area contributed by atoms with E-state index in [1.54, 1.807) is 34.2 Å². The quantitative estimate of drug-likeness (QED) is 0.837. The summed E-state index contributed by atoms with van der Waals surface area (Å²) in [5.74, 6) is -0.567. The summed E-state index contributed by atoms with van der Waals surface area (Å²) >= 11 is 0. The highest BCUT2D eigenvalue weighted by molar-refractivity contribution is 5.92. The smallest absolute Gasteiger partial charge is 0.338 e. The van der Waals surface area contributed by atoms with Gasteiger partial charge in [0.2, 0.25) is 5.91 Å². The van der Waals surface area contributed by atoms with E-state index < -0.39 is 24.9 Å². The van der Waals surface area contributed by atoms with Crippen LogP contribution in [0.25, 0.3) is 0 Å². The molecule has 4 heterocycles. The summed E-state index contributed by atoms with van der Waals surface area (Å²) < 4.78 is 37.1. The Bertz CT molecular complexity index is 636. The van der Waals surface area contributed by atoms with Crippen molar-refractivity contribution < 1.29 is 22.8 Å². The molecule has 2 amide bonds. The molecule has 2 bridgehead atoms. The van der Waals surface area contributed by atoms with Gasteiger partial charge in [-0.25, -0.2) is 0 Å². The Balaban J connectivity index is 1.68. The number of hydrogen-bond donors (Lipinski definition) is 0. The van der Waals surface area contributed by atoms with Crippen molar-refractivity contribution in [1.82, 2.24) is 14.8 Å². The largest absolute Gasteiger partial charge is 0.389 e. The molecule has 0 aliphatic carbocycles. The summed E-state index contributed by atoms with van der Waals surface area (Å²) in [5, 5.41) is 0. The number of rotatable bonds is 3. The Morgan fingerprint density at radius 1 is 1.16 bits per heavy atom. The monoisotopic (exact) mass is 355 g/mol. The van der Waals surface area contributed by atoms with E-state index in [1.165, 1.54) is 0 Å². The first kappa shape index (κ1) is 17.7. The van der Waals surface area contributed by atoms with Crippen molar-refractivity contribution in [3.05, 3.63) is 30.1 Å². The van der Waals surface area contributed by atoms with Gasteiger partial charge in [0.1, 0.15) is 5.69 Å². The SMILES string of the molecule is O=C(c1ccccn1)N1C[C@@H]2CC[C@H](C1)N(C(=O)CCC(F)(F)F)C2. The number of carbonyl (C=O) groups is 2. The van der Waals surface area contributed by atoms with Crippen molar-refractivity contribution >= 4 is 11.8 Å². The number of amides is 2. The van der Waals surface area contributed by atoms with Crippen LogP contribution in [0.1, 0.15) is 36.2 Å². The second kappa shape index (κ2) is 7.01. The van der Waals surface area contributed by atoms with E-state index in [-0.39, 0.29) is 17.9 Å². The van der Waals surface area contributed by atoms with Gasteiger partial charge in [0.05, 0.1) is 6.42 Å². The molecule has 3 aliphatic heterocycles. The molecule has 1 aromatic rings. The number of fused-ring (bicyclic) bond motifs is 4. The molecule has 3 saturated heterocycles. The Labute approximate surface area is 143 Å². The van der Waals surface area contributed by atoms with Gasteiger partial charge in [-0.15, -0.1) is 0 Å². The highest BCUT2D eigenvalue weighted by Crippen LogP contribution is 2.30. The molecule has 0 aromatic carbocycles. The van der Waals surface area contributed by atoms with Crippen LogP contribution in [0.4, 0.5) is 13.2 Å². The van der Waals surface area contributed by atoms with Gasteiger partial charge in [0, 0.05) is 38.3 Å². The third-order valence-corrected chi connectivity index (χ3v) is 4.83. The first-order chi connectivity index (χ1) is 11.8. The predicted octanol–water partition coefficient (Wildman–Crippen LogP) is 2.49. The number of pyridine rings is 1. The maximum absolute atomic E-state index is 12.6. The summed E-state index contributed by atoms with van der Waals surface area (Å²) in [4.78, 5) is 32.2. The topological polar surface area (TPSA) is 53.5 Å². The van der Waals surface area contributed by atoms with E-state index in [0.29, 0.717) is 31.7 Å². The van der Waals surface area contributed by atoms with E-state index in [0.717, 1.165) is 6.42 Å². The molecule has 25 heavy (non-hydrogen) atoms. The third-order valence-electron chi connectivity index (χ3n) is 4.83. The van der Waals surface area contributed by atoms with Crippen LogP contribution in [0.2, 0.25) is 0 Å². The number of alkyl halides is 3. The van der Waals surface area contributed by atoms with Gasteiger partial charge < -0.3 is 9.80 Å². The van der Waals surface area contributed by atoms with Crippen molar-refractivity contribution in [3.8, 4) is 0 Å². The minimum absolute atomic E-state index is 0.0984. The van der Waals surface area contributed by atoms with Crippen molar-refractivity contribution in [1.29, 1.82) is 0 Å². The number of aromatic nitrogens is 1. The van der Waals surface area contributed by atoms with Crippen LogP contribution >= 0.6 is 0 Å². The van der Waals surface area contributed by atoms with Crippen molar-refractivity contribution in [2.45, 2.75) is 37.9 Å². The zero-order valence-electron chi connectivity index (χ0n) is 13.7. The second-order valence-electron chi connectivity index (χ2n) is 6.68. The van der Waals surface area contributed by atoms with E-state index in [2.05, 4.69) is 4.98 Å². The minimum atomic E-state index is -4.33. The first-order valence-electron chi connectivity index (χ1n) is 8.40. The average Bonchev–Trinajstić information content (AvgIpc) is 2.91. The highest BCUT2D eigenvalue weighted by Gasteiger charge is 2.39. The van der Waals surface area contributed by atoms with Gasteiger partial charge in [-0.05, 0) is 30.9 Å². The summed E-state index contributed by atoms with van der Waals surface area (Å²) in [6, 6.07) is 4.89.